The summed E-state index contributed by atoms with van der Waals surface area (Å²) < 4.78 is 7.17. The van der Waals surface area contributed by atoms with E-state index in [1.165, 1.54) is 28.0 Å². The molecule has 4 aromatic rings. The third kappa shape index (κ3) is 4.42. The molecule has 3 aromatic heterocycles. The fraction of sp³-hybridized carbons (Fsp3) is 0.304. The Kier molecular flexibility index (Phi) is 6.22. The number of fused-ring (bicyclic) bond motifs is 3. The predicted octanol–water partition coefficient (Wildman–Crippen LogP) is 4.83. The lowest BCUT2D eigenvalue weighted by Crippen LogP contribution is -2.23. The van der Waals surface area contributed by atoms with Crippen molar-refractivity contribution in [3.05, 3.63) is 56.1 Å². The zero-order chi connectivity index (χ0) is 22.9. The number of nitrogens with one attached hydrogen (secondary N) is 1. The second-order valence-electron chi connectivity index (χ2n) is 7.63. The van der Waals surface area contributed by atoms with Crippen molar-refractivity contribution in [3.8, 4) is 11.4 Å². The van der Waals surface area contributed by atoms with Crippen LogP contribution in [0.5, 0.6) is 5.75 Å². The van der Waals surface area contributed by atoms with Crippen LogP contribution in [0.15, 0.2) is 39.6 Å². The van der Waals surface area contributed by atoms with Crippen LogP contribution in [0, 0.1) is 6.92 Å². The molecular formula is C23H22N4O3S3. The first-order valence-electron chi connectivity index (χ1n) is 10.7. The van der Waals surface area contributed by atoms with Gasteiger partial charge in [0.1, 0.15) is 10.6 Å². The summed E-state index contributed by atoms with van der Waals surface area (Å²) in [5, 5.41) is 6.49. The topological polar surface area (TPSA) is 86.1 Å². The number of aryl methyl sites for hydroxylation is 3. The van der Waals surface area contributed by atoms with E-state index in [0.29, 0.717) is 28.0 Å². The maximum atomic E-state index is 13.7. The van der Waals surface area contributed by atoms with Crippen molar-refractivity contribution >= 4 is 55.7 Å². The Hall–Kier alpha value is -2.69. The number of hydrogen-bond acceptors (Lipinski definition) is 8. The number of nitrogens with zero attached hydrogens (tertiary/aromatic N) is 3. The van der Waals surface area contributed by atoms with Gasteiger partial charge in [-0.2, -0.15) is 0 Å². The predicted molar refractivity (Wildman–Crippen MR) is 135 cm³/mol. The van der Waals surface area contributed by atoms with Gasteiger partial charge in [0.2, 0.25) is 5.91 Å². The van der Waals surface area contributed by atoms with E-state index in [-0.39, 0.29) is 17.2 Å². The molecule has 0 aliphatic heterocycles. The average molecular weight is 499 g/mol. The van der Waals surface area contributed by atoms with Gasteiger partial charge in [0.25, 0.3) is 5.56 Å². The first-order chi connectivity index (χ1) is 16.0. The van der Waals surface area contributed by atoms with Crippen molar-refractivity contribution in [1.29, 1.82) is 0 Å². The third-order valence-corrected chi connectivity index (χ3v) is 8.31. The van der Waals surface area contributed by atoms with Crippen molar-refractivity contribution in [3.63, 3.8) is 0 Å². The number of amides is 1. The Morgan fingerprint density at radius 2 is 2.06 bits per heavy atom. The van der Waals surface area contributed by atoms with E-state index < -0.39 is 0 Å². The number of carbonyl (C=O) groups is 1. The van der Waals surface area contributed by atoms with Crippen LogP contribution in [0.2, 0.25) is 0 Å². The standard InChI is InChI=1S/C23H22N4O3S3/c1-3-30-15-9-7-14(8-10-15)27-21(29)19-16-5-4-6-17(16)33-20(19)26-23(27)32-12-18(28)25-22-24-13(2)11-31-22/h7-11H,3-6,12H2,1-2H3,(H,24,25,28). The van der Waals surface area contributed by atoms with Crippen molar-refractivity contribution in [2.24, 2.45) is 0 Å². The minimum atomic E-state index is -0.185. The van der Waals surface area contributed by atoms with Gasteiger partial charge in [0, 0.05) is 10.3 Å². The van der Waals surface area contributed by atoms with Crippen LogP contribution in [-0.4, -0.2) is 32.8 Å². The third-order valence-electron chi connectivity index (χ3n) is 5.31. The molecule has 33 heavy (non-hydrogen) atoms. The number of thiophene rings is 1. The smallest absolute Gasteiger partial charge is 0.267 e. The molecule has 1 aliphatic rings. The van der Waals surface area contributed by atoms with Crippen LogP contribution in [0.1, 0.15) is 29.5 Å². The molecule has 0 fully saturated rings. The summed E-state index contributed by atoms with van der Waals surface area (Å²) in [4.78, 5) is 37.3. The number of carbonyl (C=O) groups excluding carboxylic acids is 1. The van der Waals surface area contributed by atoms with Crippen molar-refractivity contribution in [2.75, 3.05) is 17.7 Å². The SMILES string of the molecule is CCOc1ccc(-n2c(SCC(=O)Nc3nc(C)cs3)nc3sc4c(c3c2=O)CCC4)cc1. The molecule has 0 unspecified atom stereocenters. The highest BCUT2D eigenvalue weighted by Gasteiger charge is 2.24. The number of benzene rings is 1. The number of thiazole rings is 1. The molecule has 0 saturated carbocycles. The van der Waals surface area contributed by atoms with E-state index >= 15 is 0 Å². The summed E-state index contributed by atoms with van der Waals surface area (Å²) in [5.74, 6) is 0.682. The first-order valence-corrected chi connectivity index (χ1v) is 13.4. The Balaban J connectivity index is 1.51. The molecule has 1 N–H and O–H groups in total. The summed E-state index contributed by atoms with van der Waals surface area (Å²) in [6, 6.07) is 7.41. The lowest BCUT2D eigenvalue weighted by atomic mass is 10.2. The summed E-state index contributed by atoms with van der Waals surface area (Å²) >= 11 is 4.24. The number of aromatic nitrogens is 3. The van der Waals surface area contributed by atoms with E-state index in [9.17, 15) is 9.59 Å². The van der Waals surface area contributed by atoms with Gasteiger partial charge in [-0.3, -0.25) is 14.2 Å². The quantitative estimate of drug-likeness (QED) is 0.290. The van der Waals surface area contributed by atoms with E-state index in [4.69, 9.17) is 9.72 Å². The molecule has 3 heterocycles. The maximum Gasteiger partial charge on any atom is 0.267 e. The molecule has 5 rings (SSSR count). The molecule has 0 saturated heterocycles. The van der Waals surface area contributed by atoms with Gasteiger partial charge in [0.05, 0.1) is 29.1 Å². The summed E-state index contributed by atoms with van der Waals surface area (Å²) in [5.41, 5.74) is 2.63. The Morgan fingerprint density at radius 3 is 2.79 bits per heavy atom. The van der Waals surface area contributed by atoms with Crippen LogP contribution in [-0.2, 0) is 17.6 Å². The van der Waals surface area contributed by atoms with E-state index in [2.05, 4.69) is 10.3 Å². The largest absolute Gasteiger partial charge is 0.494 e. The number of rotatable bonds is 7. The van der Waals surface area contributed by atoms with Crippen molar-refractivity contribution in [1.82, 2.24) is 14.5 Å². The van der Waals surface area contributed by atoms with Crippen LogP contribution in [0.4, 0.5) is 5.13 Å². The average Bonchev–Trinajstić information content (AvgIpc) is 3.49. The normalized spacial score (nSPS) is 12.8. The highest BCUT2D eigenvalue weighted by Crippen LogP contribution is 2.36. The molecule has 1 aliphatic carbocycles. The van der Waals surface area contributed by atoms with E-state index in [0.717, 1.165) is 41.1 Å². The van der Waals surface area contributed by atoms with Crippen molar-refractivity contribution < 1.29 is 9.53 Å². The Labute approximate surface area is 202 Å². The molecule has 10 heteroatoms. The lowest BCUT2D eigenvalue weighted by Gasteiger charge is -2.13. The zero-order valence-corrected chi connectivity index (χ0v) is 20.7. The second-order valence-corrected chi connectivity index (χ2v) is 10.5. The maximum absolute atomic E-state index is 13.7. The monoisotopic (exact) mass is 498 g/mol. The fourth-order valence-corrected chi connectivity index (χ4v) is 6.72. The molecule has 0 spiro atoms. The van der Waals surface area contributed by atoms with Gasteiger partial charge in [-0.15, -0.1) is 22.7 Å². The van der Waals surface area contributed by atoms with Crippen LogP contribution in [0.25, 0.3) is 15.9 Å². The lowest BCUT2D eigenvalue weighted by molar-refractivity contribution is -0.113. The first kappa shape index (κ1) is 22.1. The Bertz CT molecular complexity index is 1390. The molecule has 7 nitrogen and oxygen atoms in total. The summed E-state index contributed by atoms with van der Waals surface area (Å²) in [6.45, 7) is 4.39. The Morgan fingerprint density at radius 1 is 1.24 bits per heavy atom. The highest BCUT2D eigenvalue weighted by molar-refractivity contribution is 7.99. The van der Waals surface area contributed by atoms with E-state index in [1.54, 1.807) is 15.9 Å². The molecule has 0 atom stereocenters. The van der Waals surface area contributed by atoms with Gasteiger partial charge in [-0.05, 0) is 62.9 Å². The van der Waals surface area contributed by atoms with Gasteiger partial charge >= 0.3 is 0 Å². The van der Waals surface area contributed by atoms with E-state index in [1.807, 2.05) is 43.5 Å². The minimum Gasteiger partial charge on any atom is -0.494 e. The zero-order valence-electron chi connectivity index (χ0n) is 18.2. The molecule has 0 bridgehead atoms. The van der Waals surface area contributed by atoms with Gasteiger partial charge in [-0.1, -0.05) is 11.8 Å². The highest BCUT2D eigenvalue weighted by atomic mass is 32.2. The summed E-state index contributed by atoms with van der Waals surface area (Å²) in [6.07, 6.45) is 2.99. The molecular weight excluding hydrogens is 476 g/mol. The molecule has 170 valence electrons. The second kappa shape index (κ2) is 9.28. The number of hydrogen-bond donors (Lipinski definition) is 1. The van der Waals surface area contributed by atoms with Crippen LogP contribution in [0.3, 0.4) is 0 Å². The molecule has 1 aromatic carbocycles. The fourth-order valence-electron chi connectivity index (χ4n) is 3.90. The number of ether oxygens (including phenoxy) is 1. The molecule has 0 radical (unpaired) electrons. The van der Waals surface area contributed by atoms with Gasteiger partial charge < -0.3 is 10.1 Å². The van der Waals surface area contributed by atoms with Gasteiger partial charge in [-0.25, -0.2) is 9.97 Å². The number of anilines is 1. The van der Waals surface area contributed by atoms with Crippen LogP contribution >= 0.6 is 34.4 Å². The van der Waals surface area contributed by atoms with Crippen molar-refractivity contribution in [2.45, 2.75) is 38.3 Å². The van der Waals surface area contributed by atoms with Gasteiger partial charge in [0.15, 0.2) is 10.3 Å². The minimum absolute atomic E-state index is 0.0815. The molecule has 1 amide bonds. The number of thioether (sulfide) groups is 1. The summed E-state index contributed by atoms with van der Waals surface area (Å²) in [7, 11) is 0. The van der Waals surface area contributed by atoms with Crippen LogP contribution < -0.4 is 15.6 Å².